The van der Waals surface area contributed by atoms with Crippen LogP contribution in [0.25, 0.3) is 11.0 Å². The minimum atomic E-state index is -0.892. The Kier molecular flexibility index (Phi) is 5.28. The number of hydrogen-bond donors (Lipinski definition) is 2. The first-order valence-electron chi connectivity index (χ1n) is 10.0. The maximum atomic E-state index is 11.2. The standard InChI is InChI=1S/C23H27N3O3/c1-14-8-9-26(19(10-14)16-4-6-17(7-5-16)23(27)28)12-18-20(29-3)11-15(2)21-22(18)25-13-24-21/h4-7,11,13-14,19H,8-10,12H2,1-3H3,(H,24,25)(H,27,28)/t14-,19+/m1/s1. The van der Waals surface area contributed by atoms with E-state index in [1.54, 1.807) is 25.6 Å². The molecule has 1 saturated heterocycles. The molecule has 2 aromatic carbocycles. The molecule has 0 bridgehead atoms. The molecular formula is C23H27N3O3. The van der Waals surface area contributed by atoms with Crippen molar-refractivity contribution in [2.45, 2.75) is 39.3 Å². The van der Waals surface area contributed by atoms with Gasteiger partial charge in [0.05, 0.1) is 30.0 Å². The lowest BCUT2D eigenvalue weighted by atomic mass is 9.87. The highest BCUT2D eigenvalue weighted by Crippen LogP contribution is 2.38. The lowest BCUT2D eigenvalue weighted by Gasteiger charge is -2.39. The zero-order valence-electron chi connectivity index (χ0n) is 17.1. The van der Waals surface area contributed by atoms with E-state index in [0.717, 1.165) is 59.4 Å². The van der Waals surface area contributed by atoms with Crippen LogP contribution in [0.5, 0.6) is 5.75 Å². The number of imidazole rings is 1. The monoisotopic (exact) mass is 393 g/mol. The number of carboxylic acids is 1. The summed E-state index contributed by atoms with van der Waals surface area (Å²) in [5.74, 6) is 0.608. The van der Waals surface area contributed by atoms with Gasteiger partial charge in [-0.3, -0.25) is 4.90 Å². The van der Waals surface area contributed by atoms with Crippen LogP contribution >= 0.6 is 0 Å². The average Bonchev–Trinajstić information content (AvgIpc) is 3.21. The first kappa shape index (κ1) is 19.5. The summed E-state index contributed by atoms with van der Waals surface area (Å²) in [5, 5.41) is 9.20. The molecule has 4 rings (SSSR count). The molecule has 0 saturated carbocycles. The van der Waals surface area contributed by atoms with Crippen molar-refractivity contribution in [3.8, 4) is 5.75 Å². The minimum Gasteiger partial charge on any atom is -0.496 e. The van der Waals surface area contributed by atoms with Crippen molar-refractivity contribution in [3.63, 3.8) is 0 Å². The number of nitrogens with one attached hydrogen (secondary N) is 1. The fourth-order valence-corrected chi connectivity index (χ4v) is 4.41. The number of carbonyl (C=O) groups is 1. The normalized spacial score (nSPS) is 20.1. The lowest BCUT2D eigenvalue weighted by Crippen LogP contribution is -2.36. The van der Waals surface area contributed by atoms with Crippen LogP contribution in [-0.2, 0) is 6.54 Å². The molecule has 2 N–H and O–H groups in total. The number of fused-ring (bicyclic) bond motifs is 1. The number of aromatic amines is 1. The minimum absolute atomic E-state index is 0.241. The maximum absolute atomic E-state index is 11.2. The van der Waals surface area contributed by atoms with E-state index in [1.165, 1.54) is 0 Å². The van der Waals surface area contributed by atoms with E-state index >= 15 is 0 Å². The molecule has 0 aliphatic carbocycles. The molecule has 2 heterocycles. The molecule has 1 aromatic heterocycles. The number of piperidine rings is 1. The van der Waals surface area contributed by atoms with E-state index in [4.69, 9.17) is 4.74 Å². The van der Waals surface area contributed by atoms with E-state index in [2.05, 4.69) is 27.9 Å². The number of benzene rings is 2. The number of carboxylic acid groups (broad SMARTS) is 1. The Balaban J connectivity index is 1.69. The van der Waals surface area contributed by atoms with E-state index in [1.807, 2.05) is 19.1 Å². The van der Waals surface area contributed by atoms with Crippen LogP contribution in [-0.4, -0.2) is 39.6 Å². The number of aromatic carboxylic acids is 1. The van der Waals surface area contributed by atoms with Crippen LogP contribution in [0.4, 0.5) is 0 Å². The van der Waals surface area contributed by atoms with Crippen molar-refractivity contribution in [2.24, 2.45) is 5.92 Å². The predicted octanol–water partition coefficient (Wildman–Crippen LogP) is 4.55. The van der Waals surface area contributed by atoms with Gasteiger partial charge in [0, 0.05) is 18.2 Å². The molecule has 1 aliphatic rings. The molecular weight excluding hydrogens is 366 g/mol. The molecule has 6 heteroatoms. The summed E-state index contributed by atoms with van der Waals surface area (Å²) >= 11 is 0. The summed E-state index contributed by atoms with van der Waals surface area (Å²) in [7, 11) is 1.71. The lowest BCUT2D eigenvalue weighted by molar-refractivity contribution is 0.0696. The number of H-pyrrole nitrogens is 1. The number of hydrogen-bond acceptors (Lipinski definition) is 4. The van der Waals surface area contributed by atoms with Crippen LogP contribution < -0.4 is 4.74 Å². The highest BCUT2D eigenvalue weighted by molar-refractivity contribution is 5.87. The Morgan fingerprint density at radius 2 is 2.10 bits per heavy atom. The van der Waals surface area contributed by atoms with E-state index in [-0.39, 0.29) is 6.04 Å². The largest absolute Gasteiger partial charge is 0.496 e. The number of aryl methyl sites for hydroxylation is 1. The van der Waals surface area contributed by atoms with Crippen LogP contribution in [0.1, 0.15) is 52.9 Å². The second kappa shape index (κ2) is 7.87. The van der Waals surface area contributed by atoms with Crippen LogP contribution in [0.2, 0.25) is 0 Å². The molecule has 1 fully saturated rings. The molecule has 0 unspecified atom stereocenters. The summed E-state index contributed by atoms with van der Waals surface area (Å²) in [4.78, 5) is 21.5. The topological polar surface area (TPSA) is 78.5 Å². The highest BCUT2D eigenvalue weighted by atomic mass is 16.5. The molecule has 0 spiro atoms. The third-order valence-electron chi connectivity index (χ3n) is 6.06. The summed E-state index contributed by atoms with van der Waals surface area (Å²) in [5.41, 5.74) is 5.70. The molecule has 2 atom stereocenters. The predicted molar refractivity (Wildman–Crippen MR) is 112 cm³/mol. The third kappa shape index (κ3) is 3.72. The van der Waals surface area contributed by atoms with Gasteiger partial charge < -0.3 is 14.8 Å². The van der Waals surface area contributed by atoms with Crippen molar-refractivity contribution in [2.75, 3.05) is 13.7 Å². The van der Waals surface area contributed by atoms with Crippen LogP contribution in [0.15, 0.2) is 36.7 Å². The number of methoxy groups -OCH3 is 1. The van der Waals surface area contributed by atoms with Gasteiger partial charge in [-0.1, -0.05) is 19.1 Å². The van der Waals surface area contributed by atoms with Crippen molar-refractivity contribution in [1.82, 2.24) is 14.9 Å². The Labute approximate surface area is 170 Å². The SMILES string of the molecule is COc1cc(C)c2nc[nH]c2c1CN1CC[C@@H](C)C[C@H]1c1ccc(C(=O)O)cc1. The average molecular weight is 393 g/mol. The second-order valence-corrected chi connectivity index (χ2v) is 8.04. The summed E-state index contributed by atoms with van der Waals surface area (Å²) in [6.07, 6.45) is 3.93. The van der Waals surface area contributed by atoms with Gasteiger partial charge in [-0.2, -0.15) is 0 Å². The van der Waals surface area contributed by atoms with Gasteiger partial charge in [-0.25, -0.2) is 9.78 Å². The van der Waals surface area contributed by atoms with Crippen molar-refractivity contribution in [1.29, 1.82) is 0 Å². The van der Waals surface area contributed by atoms with E-state index in [9.17, 15) is 9.90 Å². The van der Waals surface area contributed by atoms with Gasteiger partial charge in [-0.15, -0.1) is 0 Å². The van der Waals surface area contributed by atoms with Gasteiger partial charge in [-0.05, 0) is 61.6 Å². The zero-order chi connectivity index (χ0) is 20.5. The Morgan fingerprint density at radius 1 is 1.34 bits per heavy atom. The third-order valence-corrected chi connectivity index (χ3v) is 6.06. The quantitative estimate of drug-likeness (QED) is 0.665. The van der Waals surface area contributed by atoms with Crippen molar-refractivity contribution in [3.05, 3.63) is 58.9 Å². The zero-order valence-corrected chi connectivity index (χ0v) is 17.1. The molecule has 6 nitrogen and oxygen atoms in total. The molecule has 1 aliphatic heterocycles. The molecule has 29 heavy (non-hydrogen) atoms. The first-order chi connectivity index (χ1) is 14.0. The van der Waals surface area contributed by atoms with Gasteiger partial charge in [0.2, 0.25) is 0 Å². The van der Waals surface area contributed by atoms with Crippen molar-refractivity contribution >= 4 is 17.0 Å². The number of aromatic nitrogens is 2. The smallest absolute Gasteiger partial charge is 0.335 e. The highest BCUT2D eigenvalue weighted by Gasteiger charge is 2.29. The summed E-state index contributed by atoms with van der Waals surface area (Å²) in [6, 6.07) is 9.62. The Morgan fingerprint density at radius 3 is 2.79 bits per heavy atom. The summed E-state index contributed by atoms with van der Waals surface area (Å²) in [6.45, 7) is 6.07. The Hall–Kier alpha value is -2.86. The van der Waals surface area contributed by atoms with Crippen molar-refractivity contribution < 1.29 is 14.6 Å². The van der Waals surface area contributed by atoms with E-state index in [0.29, 0.717) is 11.5 Å². The van der Waals surface area contributed by atoms with Gasteiger partial charge >= 0.3 is 5.97 Å². The molecule has 152 valence electrons. The van der Waals surface area contributed by atoms with Gasteiger partial charge in [0.25, 0.3) is 0 Å². The fourth-order valence-electron chi connectivity index (χ4n) is 4.41. The maximum Gasteiger partial charge on any atom is 0.335 e. The van der Waals surface area contributed by atoms with E-state index < -0.39 is 5.97 Å². The van der Waals surface area contributed by atoms with Gasteiger partial charge in [0.15, 0.2) is 0 Å². The van der Waals surface area contributed by atoms with Crippen LogP contribution in [0.3, 0.4) is 0 Å². The molecule has 0 radical (unpaired) electrons. The number of likely N-dealkylation sites (tertiary alicyclic amines) is 1. The number of rotatable bonds is 5. The molecule has 0 amide bonds. The molecule has 3 aromatic rings. The van der Waals surface area contributed by atoms with Gasteiger partial charge in [0.1, 0.15) is 5.75 Å². The summed E-state index contributed by atoms with van der Waals surface area (Å²) < 4.78 is 5.71. The number of ether oxygens (including phenoxy) is 1. The van der Waals surface area contributed by atoms with Crippen LogP contribution in [0, 0.1) is 12.8 Å². The first-order valence-corrected chi connectivity index (χ1v) is 10.0. The fraction of sp³-hybridized carbons (Fsp3) is 0.391. The Bertz CT molecular complexity index is 1030. The second-order valence-electron chi connectivity index (χ2n) is 8.04. The number of nitrogens with zero attached hydrogens (tertiary/aromatic N) is 2.